The molecule has 3 nitrogen and oxygen atoms in total. The summed E-state index contributed by atoms with van der Waals surface area (Å²) in [5, 5.41) is 2.59. The topological polar surface area (TPSA) is 46.2 Å². The minimum Gasteiger partial charge on any atom is -0.324 e. The molecule has 1 N–H and O–H groups in total. The van der Waals surface area contributed by atoms with E-state index in [1.807, 2.05) is 6.08 Å². The fourth-order valence-electron chi connectivity index (χ4n) is 1.19. The summed E-state index contributed by atoms with van der Waals surface area (Å²) in [5.74, 6) is -0.926. The molecule has 0 saturated heterocycles. The van der Waals surface area contributed by atoms with Gasteiger partial charge < -0.3 is 5.32 Å². The van der Waals surface area contributed by atoms with Gasteiger partial charge in [-0.25, -0.2) is 0 Å². The zero-order valence-electron chi connectivity index (χ0n) is 7.22. The Bertz CT molecular complexity index is 231. The molecule has 0 fully saturated rings. The van der Waals surface area contributed by atoms with Crippen LogP contribution in [0.4, 0.5) is 0 Å². The number of hydrogen-bond acceptors (Lipinski definition) is 2. The Balaban J connectivity index is 2.44. The Hall–Kier alpha value is -1.12. The van der Waals surface area contributed by atoms with Gasteiger partial charge in [0.15, 0.2) is 0 Å². The van der Waals surface area contributed by atoms with Crippen molar-refractivity contribution < 1.29 is 9.59 Å². The molecule has 66 valence electrons. The number of allylic oxidation sites excluding steroid dienone is 2. The van der Waals surface area contributed by atoms with Crippen LogP contribution >= 0.6 is 0 Å². The smallest absolute Gasteiger partial charge is 0.291 e. The Labute approximate surface area is 71.8 Å². The highest BCUT2D eigenvalue weighted by Gasteiger charge is 2.10. The zero-order chi connectivity index (χ0) is 8.97. The van der Waals surface area contributed by atoms with Gasteiger partial charge >= 0.3 is 0 Å². The molecule has 0 bridgehead atoms. The van der Waals surface area contributed by atoms with E-state index in [-0.39, 0.29) is 0 Å². The number of carbonyl (C=O) groups is 2. The lowest BCUT2D eigenvalue weighted by atomic mass is 10.0. The van der Waals surface area contributed by atoms with Crippen LogP contribution in [0.5, 0.6) is 0 Å². The van der Waals surface area contributed by atoms with E-state index >= 15 is 0 Å². The van der Waals surface area contributed by atoms with E-state index < -0.39 is 11.7 Å². The Morgan fingerprint density at radius 3 is 2.67 bits per heavy atom. The Kier molecular flexibility index (Phi) is 3.02. The van der Waals surface area contributed by atoms with E-state index in [2.05, 4.69) is 5.32 Å². The number of Topliss-reactive ketones (excluding diaryl/α,β-unsaturated/α-hetero) is 1. The molecule has 0 aromatic carbocycles. The van der Waals surface area contributed by atoms with Crippen LogP contribution < -0.4 is 5.32 Å². The molecule has 1 rings (SSSR count). The average molecular weight is 167 g/mol. The number of ketones is 1. The van der Waals surface area contributed by atoms with Gasteiger partial charge in [-0.3, -0.25) is 9.59 Å². The second-order valence-electron chi connectivity index (χ2n) is 2.99. The summed E-state index contributed by atoms with van der Waals surface area (Å²) in [7, 11) is 0. The fraction of sp³-hybridized carbons (Fsp3) is 0.556. The van der Waals surface area contributed by atoms with Gasteiger partial charge in [-0.1, -0.05) is 6.08 Å². The predicted molar refractivity (Wildman–Crippen MR) is 45.4 cm³/mol. The third kappa shape index (κ3) is 2.49. The van der Waals surface area contributed by atoms with Gasteiger partial charge in [-0.2, -0.15) is 0 Å². The van der Waals surface area contributed by atoms with Gasteiger partial charge in [0.25, 0.3) is 5.91 Å². The summed E-state index contributed by atoms with van der Waals surface area (Å²) in [6.45, 7) is 1.28. The van der Waals surface area contributed by atoms with Crippen LogP contribution in [-0.2, 0) is 9.59 Å². The molecule has 1 aliphatic rings. The van der Waals surface area contributed by atoms with E-state index in [1.165, 1.54) is 13.3 Å². The van der Waals surface area contributed by atoms with Crippen LogP contribution in [0.1, 0.15) is 32.6 Å². The summed E-state index contributed by atoms with van der Waals surface area (Å²) in [5.41, 5.74) is 0.904. The van der Waals surface area contributed by atoms with Crippen molar-refractivity contribution in [3.63, 3.8) is 0 Å². The van der Waals surface area contributed by atoms with E-state index in [0.29, 0.717) is 0 Å². The molecule has 0 aromatic rings. The number of carbonyl (C=O) groups excluding carboxylic acids is 2. The monoisotopic (exact) mass is 167 g/mol. The van der Waals surface area contributed by atoms with Gasteiger partial charge in [0, 0.05) is 12.6 Å². The van der Waals surface area contributed by atoms with Crippen molar-refractivity contribution in [2.45, 2.75) is 32.6 Å². The van der Waals surface area contributed by atoms with Crippen molar-refractivity contribution in [1.82, 2.24) is 5.32 Å². The van der Waals surface area contributed by atoms with E-state index in [0.717, 1.165) is 25.0 Å². The standard InChI is InChI=1S/C9H13NO2/c1-7(11)9(12)10-8-5-3-2-4-6-8/h5H,2-4,6H2,1H3,(H,10,12). The number of rotatable bonds is 2. The third-order valence-corrected chi connectivity index (χ3v) is 1.88. The lowest BCUT2D eigenvalue weighted by Gasteiger charge is -2.12. The number of amides is 1. The van der Waals surface area contributed by atoms with Crippen LogP contribution in [0.2, 0.25) is 0 Å². The van der Waals surface area contributed by atoms with E-state index in [1.54, 1.807) is 0 Å². The highest BCUT2D eigenvalue weighted by Crippen LogP contribution is 2.14. The van der Waals surface area contributed by atoms with Crippen LogP contribution in [0.3, 0.4) is 0 Å². The van der Waals surface area contributed by atoms with E-state index in [4.69, 9.17) is 0 Å². The Morgan fingerprint density at radius 1 is 1.42 bits per heavy atom. The van der Waals surface area contributed by atoms with Gasteiger partial charge in [0.1, 0.15) is 0 Å². The summed E-state index contributed by atoms with van der Waals surface area (Å²) in [6.07, 6.45) is 6.17. The lowest BCUT2D eigenvalue weighted by molar-refractivity contribution is -0.136. The molecule has 0 spiro atoms. The molecular formula is C9H13NO2. The molecule has 0 saturated carbocycles. The van der Waals surface area contributed by atoms with Crippen LogP contribution in [-0.4, -0.2) is 11.7 Å². The SMILES string of the molecule is CC(=O)C(=O)NC1=CCCCC1. The first-order valence-electron chi connectivity index (χ1n) is 4.21. The first kappa shape index (κ1) is 8.97. The quantitative estimate of drug-likeness (QED) is 0.627. The minimum atomic E-state index is -0.497. The molecule has 3 heteroatoms. The molecule has 0 aliphatic heterocycles. The highest BCUT2D eigenvalue weighted by molar-refractivity contribution is 6.35. The lowest BCUT2D eigenvalue weighted by Crippen LogP contribution is -2.29. The summed E-state index contributed by atoms with van der Waals surface area (Å²) < 4.78 is 0. The van der Waals surface area contributed by atoms with Crippen molar-refractivity contribution in [1.29, 1.82) is 0 Å². The maximum atomic E-state index is 10.9. The maximum Gasteiger partial charge on any atom is 0.291 e. The second-order valence-corrected chi connectivity index (χ2v) is 2.99. The first-order chi connectivity index (χ1) is 5.70. The van der Waals surface area contributed by atoms with Gasteiger partial charge in [-0.15, -0.1) is 0 Å². The van der Waals surface area contributed by atoms with Crippen molar-refractivity contribution in [3.8, 4) is 0 Å². The maximum absolute atomic E-state index is 10.9. The fourth-order valence-corrected chi connectivity index (χ4v) is 1.19. The Morgan fingerprint density at radius 2 is 2.17 bits per heavy atom. The van der Waals surface area contributed by atoms with Crippen molar-refractivity contribution in [3.05, 3.63) is 11.8 Å². The minimum absolute atomic E-state index is 0.429. The average Bonchev–Trinajstić information content (AvgIpc) is 2.06. The number of hydrogen-bond donors (Lipinski definition) is 1. The molecule has 0 radical (unpaired) electrons. The molecular weight excluding hydrogens is 154 g/mol. The molecule has 0 unspecified atom stereocenters. The van der Waals surface area contributed by atoms with E-state index in [9.17, 15) is 9.59 Å². The molecule has 1 amide bonds. The predicted octanol–water partition coefficient (Wildman–Crippen LogP) is 1.15. The summed E-state index contributed by atoms with van der Waals surface area (Å²) in [4.78, 5) is 21.5. The van der Waals surface area contributed by atoms with Gasteiger partial charge in [0.05, 0.1) is 0 Å². The molecule has 0 heterocycles. The van der Waals surface area contributed by atoms with Crippen LogP contribution in [0.15, 0.2) is 11.8 Å². The van der Waals surface area contributed by atoms with Gasteiger partial charge in [0.2, 0.25) is 5.78 Å². The van der Waals surface area contributed by atoms with Crippen molar-refractivity contribution in [2.24, 2.45) is 0 Å². The number of nitrogens with one attached hydrogen (secondary N) is 1. The van der Waals surface area contributed by atoms with Crippen LogP contribution in [0, 0.1) is 0 Å². The van der Waals surface area contributed by atoms with Crippen LogP contribution in [0.25, 0.3) is 0 Å². The highest BCUT2D eigenvalue weighted by atomic mass is 16.2. The molecule has 0 atom stereocenters. The normalized spacial score (nSPS) is 16.6. The van der Waals surface area contributed by atoms with Crippen molar-refractivity contribution in [2.75, 3.05) is 0 Å². The third-order valence-electron chi connectivity index (χ3n) is 1.88. The zero-order valence-corrected chi connectivity index (χ0v) is 7.22. The largest absolute Gasteiger partial charge is 0.324 e. The summed E-state index contributed by atoms with van der Waals surface area (Å²) in [6, 6.07) is 0. The van der Waals surface area contributed by atoms with Gasteiger partial charge in [-0.05, 0) is 25.7 Å². The molecule has 0 aromatic heterocycles. The summed E-state index contributed by atoms with van der Waals surface area (Å²) >= 11 is 0. The molecule has 1 aliphatic carbocycles. The molecule has 12 heavy (non-hydrogen) atoms. The van der Waals surface area contributed by atoms with Crippen molar-refractivity contribution >= 4 is 11.7 Å². The first-order valence-corrected chi connectivity index (χ1v) is 4.21. The second kappa shape index (κ2) is 4.04.